The Bertz CT molecular complexity index is 203. The van der Waals surface area contributed by atoms with E-state index in [1.165, 1.54) is 35.0 Å². The average Bonchev–Trinajstić information content (AvgIpc) is 2.14. The molecule has 90 valence electrons. The first-order valence-electron chi connectivity index (χ1n) is 4.23. The molecule has 1 unspecified atom stereocenters. The number of aliphatic hydroxyl groups is 2. The average molecular weight is 222 g/mol. The minimum Gasteiger partial charge on any atom is -0.467 e. The molecule has 1 atom stereocenters. The normalized spacial score (nSPS) is 11.9. The summed E-state index contributed by atoms with van der Waals surface area (Å²) in [6.07, 6.45) is -0.995. The summed E-state index contributed by atoms with van der Waals surface area (Å²) in [6.45, 7) is 4.10. The fraction of sp³-hybridized carbons (Fsp3) is 0.778. The predicted octanol–water partition coefficient (Wildman–Crippen LogP) is -0.530. The number of carbonyl (C=O) groups is 2. The van der Waals surface area contributed by atoms with Gasteiger partial charge in [-0.2, -0.15) is 0 Å². The second kappa shape index (κ2) is 7.19. The van der Waals surface area contributed by atoms with E-state index in [2.05, 4.69) is 9.47 Å². The number of carbonyl (C=O) groups excluding carboxylic acids is 2. The molecule has 6 heteroatoms. The zero-order valence-electron chi connectivity index (χ0n) is 9.60. The molecule has 0 aromatic carbocycles. The van der Waals surface area contributed by atoms with Gasteiger partial charge in [-0.15, -0.1) is 0 Å². The van der Waals surface area contributed by atoms with Crippen LogP contribution in [0.5, 0.6) is 0 Å². The molecule has 0 heterocycles. The molecule has 0 aliphatic heterocycles. The number of rotatable bonds is 2. The zero-order valence-corrected chi connectivity index (χ0v) is 9.60. The summed E-state index contributed by atoms with van der Waals surface area (Å²) in [5.74, 6) is -1.21. The van der Waals surface area contributed by atoms with Gasteiger partial charge in [-0.1, -0.05) is 0 Å². The summed E-state index contributed by atoms with van der Waals surface area (Å²) in [5.41, 5.74) is -1.35. The second-order valence-corrected chi connectivity index (χ2v) is 3.25. The van der Waals surface area contributed by atoms with E-state index in [9.17, 15) is 9.59 Å². The molecule has 6 nitrogen and oxygen atoms in total. The second-order valence-electron chi connectivity index (χ2n) is 3.25. The molecule has 0 aliphatic carbocycles. The highest BCUT2D eigenvalue weighted by Gasteiger charge is 2.23. The van der Waals surface area contributed by atoms with Gasteiger partial charge in [-0.05, 0) is 20.8 Å². The highest BCUT2D eigenvalue weighted by Crippen LogP contribution is 2.01. The standard InChI is InChI=1S/C5H10O3.C4H8O3/c1-5(2,7)4(6)8-3;1-3(5)4(6)7-2/h7H,1-3H3;3,5H,1-2H3. The van der Waals surface area contributed by atoms with Crippen LogP contribution in [-0.2, 0) is 19.1 Å². The van der Waals surface area contributed by atoms with E-state index in [0.717, 1.165) is 0 Å². The maximum Gasteiger partial charge on any atom is 0.337 e. The van der Waals surface area contributed by atoms with Gasteiger partial charge in [0.2, 0.25) is 0 Å². The van der Waals surface area contributed by atoms with Gasteiger partial charge in [-0.3, -0.25) is 0 Å². The third-order valence-corrected chi connectivity index (χ3v) is 1.23. The van der Waals surface area contributed by atoms with Gasteiger partial charge < -0.3 is 19.7 Å². The van der Waals surface area contributed by atoms with Crippen LogP contribution < -0.4 is 0 Å². The smallest absolute Gasteiger partial charge is 0.337 e. The summed E-state index contributed by atoms with van der Waals surface area (Å²) in [4.78, 5) is 20.4. The summed E-state index contributed by atoms with van der Waals surface area (Å²) in [6, 6.07) is 0. The maximum absolute atomic E-state index is 10.4. The third kappa shape index (κ3) is 9.17. The fourth-order valence-corrected chi connectivity index (χ4v) is 0.420. The Balaban J connectivity index is 0. The highest BCUT2D eigenvalue weighted by atomic mass is 16.5. The van der Waals surface area contributed by atoms with E-state index >= 15 is 0 Å². The maximum atomic E-state index is 10.4. The van der Waals surface area contributed by atoms with Gasteiger partial charge in [0.15, 0.2) is 5.60 Å². The molecule has 15 heavy (non-hydrogen) atoms. The number of ether oxygens (including phenoxy) is 2. The van der Waals surface area contributed by atoms with Gasteiger partial charge in [-0.25, -0.2) is 9.59 Å². The Morgan fingerprint density at radius 1 is 1.20 bits per heavy atom. The van der Waals surface area contributed by atoms with Crippen LogP contribution >= 0.6 is 0 Å². The van der Waals surface area contributed by atoms with Crippen LogP contribution in [0.4, 0.5) is 0 Å². The minimum absolute atomic E-state index is 0.597. The molecular formula is C9H18O6. The first-order chi connectivity index (χ1) is 6.66. The lowest BCUT2D eigenvalue weighted by atomic mass is 10.1. The van der Waals surface area contributed by atoms with Gasteiger partial charge in [0.25, 0.3) is 0 Å². The summed E-state index contributed by atoms with van der Waals surface area (Å²) in [5, 5.41) is 17.2. The fourth-order valence-electron chi connectivity index (χ4n) is 0.420. The Morgan fingerprint density at radius 2 is 1.60 bits per heavy atom. The van der Waals surface area contributed by atoms with Crippen LogP contribution in [0.15, 0.2) is 0 Å². The summed E-state index contributed by atoms with van der Waals surface area (Å²) >= 11 is 0. The zero-order chi connectivity index (χ0) is 12.6. The van der Waals surface area contributed by atoms with Crippen LogP contribution in [0.1, 0.15) is 20.8 Å². The summed E-state index contributed by atoms with van der Waals surface area (Å²) in [7, 11) is 2.47. The SMILES string of the molecule is COC(=O)C(C)(C)O.COC(=O)C(C)O. The van der Waals surface area contributed by atoms with Crippen molar-refractivity contribution in [3.63, 3.8) is 0 Å². The van der Waals surface area contributed by atoms with Crippen molar-refractivity contribution in [3.05, 3.63) is 0 Å². The lowest BCUT2D eigenvalue weighted by Gasteiger charge is -2.12. The molecule has 0 aliphatic rings. The Morgan fingerprint density at radius 3 is 1.60 bits per heavy atom. The molecule has 0 amide bonds. The Hall–Kier alpha value is -1.14. The molecule has 0 saturated heterocycles. The van der Waals surface area contributed by atoms with Crippen LogP contribution in [0.3, 0.4) is 0 Å². The van der Waals surface area contributed by atoms with Crippen molar-refractivity contribution in [2.24, 2.45) is 0 Å². The van der Waals surface area contributed by atoms with Crippen LogP contribution in [-0.4, -0.2) is 48.1 Å². The van der Waals surface area contributed by atoms with Crippen LogP contribution in [0.2, 0.25) is 0 Å². The van der Waals surface area contributed by atoms with Crippen LogP contribution in [0, 0.1) is 0 Å². The minimum atomic E-state index is -1.35. The molecule has 0 bridgehead atoms. The topological polar surface area (TPSA) is 93.1 Å². The highest BCUT2D eigenvalue weighted by molar-refractivity contribution is 5.77. The number of aliphatic hydroxyl groups excluding tert-OH is 1. The van der Waals surface area contributed by atoms with E-state index < -0.39 is 23.6 Å². The molecule has 0 radical (unpaired) electrons. The molecular weight excluding hydrogens is 204 g/mol. The molecule has 0 spiro atoms. The van der Waals surface area contributed by atoms with Gasteiger partial charge in [0, 0.05) is 0 Å². The van der Waals surface area contributed by atoms with Crippen molar-refractivity contribution < 1.29 is 29.3 Å². The molecule has 0 fully saturated rings. The molecule has 0 saturated carbocycles. The third-order valence-electron chi connectivity index (χ3n) is 1.23. The number of hydrogen-bond acceptors (Lipinski definition) is 6. The molecule has 0 rings (SSSR count). The van der Waals surface area contributed by atoms with E-state index in [0.29, 0.717) is 0 Å². The van der Waals surface area contributed by atoms with Gasteiger partial charge >= 0.3 is 11.9 Å². The predicted molar refractivity (Wildman–Crippen MR) is 52.0 cm³/mol. The van der Waals surface area contributed by atoms with E-state index in [4.69, 9.17) is 10.2 Å². The van der Waals surface area contributed by atoms with E-state index in [1.54, 1.807) is 0 Å². The quantitative estimate of drug-likeness (QED) is 0.610. The van der Waals surface area contributed by atoms with E-state index in [1.807, 2.05) is 0 Å². The van der Waals surface area contributed by atoms with Crippen molar-refractivity contribution >= 4 is 11.9 Å². The first-order valence-corrected chi connectivity index (χ1v) is 4.23. The molecule has 0 aromatic rings. The largest absolute Gasteiger partial charge is 0.467 e. The van der Waals surface area contributed by atoms with Gasteiger partial charge in [0.1, 0.15) is 6.10 Å². The summed E-state index contributed by atoms with van der Waals surface area (Å²) < 4.78 is 8.35. The van der Waals surface area contributed by atoms with Crippen molar-refractivity contribution in [3.8, 4) is 0 Å². The van der Waals surface area contributed by atoms with Crippen molar-refractivity contribution in [1.82, 2.24) is 0 Å². The van der Waals surface area contributed by atoms with E-state index in [-0.39, 0.29) is 0 Å². The van der Waals surface area contributed by atoms with Crippen molar-refractivity contribution in [2.45, 2.75) is 32.5 Å². The van der Waals surface area contributed by atoms with Crippen LogP contribution in [0.25, 0.3) is 0 Å². The Kier molecular flexibility index (Phi) is 7.81. The van der Waals surface area contributed by atoms with Crippen molar-refractivity contribution in [1.29, 1.82) is 0 Å². The number of hydrogen-bond donors (Lipinski definition) is 2. The van der Waals surface area contributed by atoms with Gasteiger partial charge in [0.05, 0.1) is 14.2 Å². The number of methoxy groups -OCH3 is 2. The lowest BCUT2D eigenvalue weighted by molar-refractivity contribution is -0.158. The number of esters is 2. The Labute approximate surface area is 88.8 Å². The molecule has 0 aromatic heterocycles. The first kappa shape index (κ1) is 16.3. The van der Waals surface area contributed by atoms with Crippen molar-refractivity contribution in [2.75, 3.05) is 14.2 Å². The molecule has 2 N–H and O–H groups in total. The lowest BCUT2D eigenvalue weighted by Crippen LogP contribution is -2.31. The monoisotopic (exact) mass is 222 g/mol.